The maximum Gasteiger partial charge on any atom is 0.416 e. The fraction of sp³-hybridized carbons (Fsp3) is 0.333. The van der Waals surface area contributed by atoms with E-state index < -0.39 is 39.2 Å². The minimum absolute atomic E-state index is 0.0691. The van der Waals surface area contributed by atoms with E-state index in [0.717, 1.165) is 24.8 Å². The molecule has 0 heterocycles. The Kier molecular flexibility index (Phi) is 6.32. The molecule has 0 bridgehead atoms. The third-order valence-corrected chi connectivity index (χ3v) is 5.29. The number of nitrogens with one attached hydrogen (secondary N) is 1. The second-order valence-electron chi connectivity index (χ2n) is 6.15. The Balaban J connectivity index is 2.37. The molecule has 0 spiro atoms. The molecule has 0 aliphatic rings. The summed E-state index contributed by atoms with van der Waals surface area (Å²) in [5.74, 6) is 0. The number of unbranched alkanes of at least 4 members (excludes halogenated alkanes) is 1. The summed E-state index contributed by atoms with van der Waals surface area (Å²) < 4.78 is 104. The highest BCUT2D eigenvalue weighted by Gasteiger charge is 2.37. The van der Waals surface area contributed by atoms with Crippen molar-refractivity contribution in [2.75, 3.05) is 4.72 Å². The number of sulfonamides is 1. The molecule has 154 valence electrons. The highest BCUT2D eigenvalue weighted by molar-refractivity contribution is 7.92. The van der Waals surface area contributed by atoms with E-state index >= 15 is 0 Å². The molecule has 10 heteroatoms. The van der Waals surface area contributed by atoms with Crippen LogP contribution in [0.4, 0.5) is 32.0 Å². The van der Waals surface area contributed by atoms with Crippen molar-refractivity contribution in [3.8, 4) is 0 Å². The summed E-state index contributed by atoms with van der Waals surface area (Å²) in [5.41, 5.74) is -3.15. The zero-order chi connectivity index (χ0) is 21.2. The van der Waals surface area contributed by atoms with Crippen LogP contribution < -0.4 is 4.72 Å². The molecule has 0 saturated carbocycles. The molecule has 0 saturated heterocycles. The lowest BCUT2D eigenvalue weighted by atomic mass is 10.1. The Bertz CT molecular complexity index is 886. The van der Waals surface area contributed by atoms with E-state index in [1.165, 1.54) is 12.1 Å². The molecule has 0 atom stereocenters. The summed E-state index contributed by atoms with van der Waals surface area (Å²) in [7, 11) is -4.36. The van der Waals surface area contributed by atoms with E-state index in [1.54, 1.807) is 16.9 Å². The minimum atomic E-state index is -5.07. The van der Waals surface area contributed by atoms with Gasteiger partial charge in [-0.05, 0) is 48.7 Å². The topological polar surface area (TPSA) is 46.2 Å². The first kappa shape index (κ1) is 22.1. The summed E-state index contributed by atoms with van der Waals surface area (Å²) in [5, 5.41) is 0. The number of halogens is 6. The van der Waals surface area contributed by atoms with Gasteiger partial charge in [-0.15, -0.1) is 0 Å². The highest BCUT2D eigenvalue weighted by Crippen LogP contribution is 2.38. The molecule has 0 aliphatic carbocycles. The van der Waals surface area contributed by atoms with Crippen LogP contribution in [-0.4, -0.2) is 8.42 Å². The minimum Gasteiger partial charge on any atom is -0.280 e. The average molecular weight is 425 g/mol. The molecule has 0 aromatic heterocycles. The van der Waals surface area contributed by atoms with Crippen LogP contribution in [0.3, 0.4) is 0 Å². The van der Waals surface area contributed by atoms with Gasteiger partial charge < -0.3 is 0 Å². The first-order valence-corrected chi connectivity index (χ1v) is 9.72. The van der Waals surface area contributed by atoms with Gasteiger partial charge in [0.05, 0.1) is 21.7 Å². The summed E-state index contributed by atoms with van der Waals surface area (Å²) in [6.07, 6.45) is -7.56. The third kappa shape index (κ3) is 5.63. The van der Waals surface area contributed by atoms with Crippen LogP contribution >= 0.6 is 0 Å². The maximum atomic E-state index is 12.9. The average Bonchev–Trinajstić information content (AvgIpc) is 2.58. The summed E-state index contributed by atoms with van der Waals surface area (Å²) in [4.78, 5) is -0.265. The molecule has 28 heavy (non-hydrogen) atoms. The van der Waals surface area contributed by atoms with Gasteiger partial charge in [-0.1, -0.05) is 25.5 Å². The van der Waals surface area contributed by atoms with Gasteiger partial charge in [0.15, 0.2) is 0 Å². The van der Waals surface area contributed by atoms with Gasteiger partial charge in [0.2, 0.25) is 0 Å². The number of rotatable bonds is 6. The largest absolute Gasteiger partial charge is 0.416 e. The quantitative estimate of drug-likeness (QED) is 0.589. The standard InChI is InChI=1S/C18H17F6NO2S/c1-2-3-4-12-5-7-16(8-6-12)28(26,27)25-15-10-13(17(19,20)21)9-14(11-15)18(22,23)24/h5-11,25H,2-4H2,1H3. The van der Waals surface area contributed by atoms with Crippen LogP contribution in [0.15, 0.2) is 47.4 Å². The van der Waals surface area contributed by atoms with Gasteiger partial charge in [-0.25, -0.2) is 8.42 Å². The molecular formula is C18H17F6NO2S. The lowest BCUT2D eigenvalue weighted by Gasteiger charge is -2.15. The molecule has 2 aromatic rings. The predicted octanol–water partition coefficient (Wildman–Crippen LogP) is 5.87. The Hall–Kier alpha value is -2.23. The zero-order valence-electron chi connectivity index (χ0n) is 14.7. The number of anilines is 1. The molecular weight excluding hydrogens is 408 g/mol. The molecule has 0 radical (unpaired) electrons. The van der Waals surface area contributed by atoms with E-state index in [0.29, 0.717) is 12.1 Å². The van der Waals surface area contributed by atoms with Crippen LogP contribution in [0.2, 0.25) is 0 Å². The fourth-order valence-electron chi connectivity index (χ4n) is 2.44. The zero-order valence-corrected chi connectivity index (χ0v) is 15.5. The van der Waals surface area contributed by atoms with Crippen molar-refractivity contribution in [2.24, 2.45) is 0 Å². The number of hydrogen-bond donors (Lipinski definition) is 1. The number of benzene rings is 2. The van der Waals surface area contributed by atoms with E-state index in [-0.39, 0.29) is 11.0 Å². The Morgan fingerprint density at radius 3 is 1.79 bits per heavy atom. The summed E-state index contributed by atoms with van der Waals surface area (Å²) >= 11 is 0. The lowest BCUT2D eigenvalue weighted by molar-refractivity contribution is -0.143. The van der Waals surface area contributed by atoms with Crippen LogP contribution in [0.25, 0.3) is 0 Å². The van der Waals surface area contributed by atoms with Crippen LogP contribution in [-0.2, 0) is 28.8 Å². The SMILES string of the molecule is CCCCc1ccc(S(=O)(=O)Nc2cc(C(F)(F)F)cc(C(F)(F)F)c2)cc1. The van der Waals surface area contributed by atoms with Gasteiger partial charge in [0.1, 0.15) is 0 Å². The third-order valence-electron chi connectivity index (χ3n) is 3.89. The van der Waals surface area contributed by atoms with Gasteiger partial charge in [-0.3, -0.25) is 4.72 Å². The fourth-order valence-corrected chi connectivity index (χ4v) is 3.48. The van der Waals surface area contributed by atoms with Crippen molar-refractivity contribution >= 4 is 15.7 Å². The smallest absolute Gasteiger partial charge is 0.280 e. The molecule has 1 N–H and O–H groups in total. The Morgan fingerprint density at radius 2 is 1.36 bits per heavy atom. The molecule has 0 unspecified atom stereocenters. The monoisotopic (exact) mass is 425 g/mol. The molecule has 3 nitrogen and oxygen atoms in total. The number of hydrogen-bond acceptors (Lipinski definition) is 2. The molecule has 2 rings (SSSR count). The van der Waals surface area contributed by atoms with Gasteiger partial charge in [0, 0.05) is 0 Å². The van der Waals surface area contributed by atoms with E-state index in [2.05, 4.69) is 0 Å². The number of alkyl halides is 6. The van der Waals surface area contributed by atoms with Gasteiger partial charge >= 0.3 is 12.4 Å². The number of aryl methyl sites for hydroxylation is 1. The summed E-state index contributed by atoms with van der Waals surface area (Å²) in [6, 6.07) is 6.19. The van der Waals surface area contributed by atoms with Crippen molar-refractivity contribution in [1.29, 1.82) is 0 Å². The van der Waals surface area contributed by atoms with Crippen molar-refractivity contribution in [3.63, 3.8) is 0 Å². The Morgan fingerprint density at radius 1 is 0.857 bits per heavy atom. The van der Waals surface area contributed by atoms with Crippen LogP contribution in [0.5, 0.6) is 0 Å². The molecule has 2 aromatic carbocycles. The molecule has 0 aliphatic heterocycles. The van der Waals surface area contributed by atoms with Gasteiger partial charge in [-0.2, -0.15) is 26.3 Å². The van der Waals surface area contributed by atoms with Crippen molar-refractivity contribution in [3.05, 3.63) is 59.2 Å². The first-order valence-electron chi connectivity index (χ1n) is 8.24. The van der Waals surface area contributed by atoms with E-state index in [1.807, 2.05) is 6.92 Å². The maximum absolute atomic E-state index is 12.9. The van der Waals surface area contributed by atoms with Gasteiger partial charge in [0.25, 0.3) is 10.0 Å². The second kappa shape index (κ2) is 8.02. The predicted molar refractivity (Wildman–Crippen MR) is 92.3 cm³/mol. The van der Waals surface area contributed by atoms with Crippen LogP contribution in [0, 0.1) is 0 Å². The van der Waals surface area contributed by atoms with E-state index in [4.69, 9.17) is 0 Å². The first-order chi connectivity index (χ1) is 12.8. The van der Waals surface area contributed by atoms with Crippen molar-refractivity contribution < 1.29 is 34.8 Å². The summed E-state index contributed by atoms with van der Waals surface area (Å²) in [6.45, 7) is 1.99. The van der Waals surface area contributed by atoms with Crippen molar-refractivity contribution in [2.45, 2.75) is 43.4 Å². The molecule has 0 fully saturated rings. The normalized spacial score (nSPS) is 12.8. The van der Waals surface area contributed by atoms with Crippen molar-refractivity contribution in [1.82, 2.24) is 0 Å². The second-order valence-corrected chi connectivity index (χ2v) is 7.83. The Labute approximate surface area is 158 Å². The molecule has 0 amide bonds. The van der Waals surface area contributed by atoms with Crippen LogP contribution in [0.1, 0.15) is 36.5 Å². The lowest BCUT2D eigenvalue weighted by Crippen LogP contribution is -2.16. The highest BCUT2D eigenvalue weighted by atomic mass is 32.2. The van der Waals surface area contributed by atoms with E-state index in [9.17, 15) is 34.8 Å².